The highest BCUT2D eigenvalue weighted by Gasteiger charge is 2.22. The lowest BCUT2D eigenvalue weighted by Gasteiger charge is -2.25. The molecule has 3 rings (SSSR count). The summed E-state index contributed by atoms with van der Waals surface area (Å²) in [4.78, 5) is 16.5. The maximum atomic E-state index is 12.0. The third kappa shape index (κ3) is 2.88. The van der Waals surface area contributed by atoms with Gasteiger partial charge in [0.2, 0.25) is 5.91 Å². The average Bonchev–Trinajstić information content (AvgIpc) is 2.96. The van der Waals surface area contributed by atoms with E-state index in [1.165, 1.54) is 0 Å². The topological polar surface area (TPSA) is 46.9 Å². The Morgan fingerprint density at radius 1 is 1.53 bits per heavy atom. The first-order valence-corrected chi connectivity index (χ1v) is 7.19. The first-order chi connectivity index (χ1) is 9.20. The zero-order valence-electron chi connectivity index (χ0n) is 11.4. The highest BCUT2D eigenvalue weighted by molar-refractivity contribution is 5.76. The Hall–Kier alpha value is -1.58. The fourth-order valence-corrected chi connectivity index (χ4v) is 3.09. The fourth-order valence-electron chi connectivity index (χ4n) is 3.09. The third-order valence-corrected chi connectivity index (χ3v) is 4.04. The maximum Gasteiger partial charge on any atom is 0.220 e. The average molecular weight is 259 g/mol. The Balaban J connectivity index is 1.53. The number of nitrogens with zero attached hydrogens (tertiary/aromatic N) is 2. The van der Waals surface area contributed by atoms with E-state index in [4.69, 9.17) is 0 Å². The molecule has 0 bridgehead atoms. The normalized spacial score (nSPS) is 25.3. The van der Waals surface area contributed by atoms with Crippen LogP contribution in [0.2, 0.25) is 0 Å². The van der Waals surface area contributed by atoms with Gasteiger partial charge in [-0.15, -0.1) is 0 Å². The van der Waals surface area contributed by atoms with Gasteiger partial charge >= 0.3 is 0 Å². The van der Waals surface area contributed by atoms with E-state index in [0.717, 1.165) is 43.7 Å². The van der Waals surface area contributed by atoms with Crippen molar-refractivity contribution in [1.29, 1.82) is 0 Å². The minimum atomic E-state index is 0.196. The van der Waals surface area contributed by atoms with Gasteiger partial charge < -0.3 is 9.88 Å². The Kier molecular flexibility index (Phi) is 3.40. The fraction of sp³-hybridized carbons (Fsp3) is 0.600. The number of amides is 1. The zero-order chi connectivity index (χ0) is 13.2. The number of carbonyl (C=O) groups is 1. The van der Waals surface area contributed by atoms with Crippen LogP contribution in [0.15, 0.2) is 18.3 Å². The van der Waals surface area contributed by atoms with E-state index in [-0.39, 0.29) is 11.9 Å². The molecule has 4 nitrogen and oxygen atoms in total. The summed E-state index contributed by atoms with van der Waals surface area (Å²) in [5.41, 5.74) is 1.07. The van der Waals surface area contributed by atoms with E-state index in [0.29, 0.717) is 12.3 Å². The summed E-state index contributed by atoms with van der Waals surface area (Å²) in [5.74, 6) is 1.80. The predicted octanol–water partition coefficient (Wildman–Crippen LogP) is 1.98. The molecule has 1 aromatic heterocycles. The highest BCUT2D eigenvalue weighted by Crippen LogP contribution is 2.21. The number of aryl methyl sites for hydroxylation is 2. The Morgan fingerprint density at radius 2 is 2.42 bits per heavy atom. The molecule has 0 saturated carbocycles. The standard InChI is InChI=1S/C15H21N3O/c1-11-9-18-10-13(6-7-14(18)16-11)17-15(19)8-12-4-2-3-5-12/h2,4,9,12-13H,3,5-8,10H2,1H3,(H,17,19)/t12-,13-/m1/s1. The molecule has 0 radical (unpaired) electrons. The summed E-state index contributed by atoms with van der Waals surface area (Å²) in [7, 11) is 0. The van der Waals surface area contributed by atoms with Crippen molar-refractivity contribution >= 4 is 5.91 Å². The predicted molar refractivity (Wildman–Crippen MR) is 73.7 cm³/mol. The molecule has 1 aliphatic carbocycles. The number of aromatic nitrogens is 2. The first-order valence-electron chi connectivity index (χ1n) is 7.19. The maximum absolute atomic E-state index is 12.0. The summed E-state index contributed by atoms with van der Waals surface area (Å²) >= 11 is 0. The molecule has 2 aliphatic rings. The molecule has 1 aromatic rings. The van der Waals surface area contributed by atoms with Crippen molar-refractivity contribution in [2.24, 2.45) is 5.92 Å². The van der Waals surface area contributed by atoms with Crippen molar-refractivity contribution in [3.63, 3.8) is 0 Å². The molecule has 2 atom stereocenters. The van der Waals surface area contributed by atoms with E-state index in [1.54, 1.807) is 0 Å². The van der Waals surface area contributed by atoms with E-state index in [2.05, 4.69) is 33.2 Å². The minimum Gasteiger partial charge on any atom is -0.352 e. The second-order valence-corrected chi connectivity index (χ2v) is 5.72. The molecular formula is C15H21N3O. The number of hydrogen-bond donors (Lipinski definition) is 1. The molecule has 0 saturated heterocycles. The Bertz CT molecular complexity index is 503. The van der Waals surface area contributed by atoms with Crippen molar-refractivity contribution in [2.75, 3.05) is 0 Å². The summed E-state index contributed by atoms with van der Waals surface area (Å²) < 4.78 is 2.18. The lowest BCUT2D eigenvalue weighted by Crippen LogP contribution is -2.41. The quantitative estimate of drug-likeness (QED) is 0.844. The molecule has 0 unspecified atom stereocenters. The van der Waals surface area contributed by atoms with Gasteiger partial charge in [0.15, 0.2) is 0 Å². The molecule has 4 heteroatoms. The molecule has 102 valence electrons. The zero-order valence-corrected chi connectivity index (χ0v) is 11.4. The second kappa shape index (κ2) is 5.19. The van der Waals surface area contributed by atoms with Gasteiger partial charge in [0.05, 0.1) is 5.69 Å². The summed E-state index contributed by atoms with van der Waals surface area (Å²) in [6, 6.07) is 0.263. The number of rotatable bonds is 3. The summed E-state index contributed by atoms with van der Waals surface area (Å²) in [5, 5.41) is 3.17. The van der Waals surface area contributed by atoms with E-state index in [1.807, 2.05) is 6.92 Å². The van der Waals surface area contributed by atoms with Gasteiger partial charge in [-0.2, -0.15) is 0 Å². The third-order valence-electron chi connectivity index (χ3n) is 4.04. The monoisotopic (exact) mass is 259 g/mol. The van der Waals surface area contributed by atoms with Crippen molar-refractivity contribution in [2.45, 2.75) is 51.6 Å². The number of hydrogen-bond acceptors (Lipinski definition) is 2. The van der Waals surface area contributed by atoms with Crippen LogP contribution >= 0.6 is 0 Å². The van der Waals surface area contributed by atoms with Gasteiger partial charge in [0.1, 0.15) is 5.82 Å². The molecule has 19 heavy (non-hydrogen) atoms. The van der Waals surface area contributed by atoms with Crippen LogP contribution in [0.1, 0.15) is 37.2 Å². The summed E-state index contributed by atoms with van der Waals surface area (Å²) in [6.45, 7) is 2.88. The van der Waals surface area contributed by atoms with Crippen LogP contribution in [0.5, 0.6) is 0 Å². The van der Waals surface area contributed by atoms with Crippen LogP contribution in [-0.2, 0) is 17.8 Å². The Morgan fingerprint density at radius 3 is 3.21 bits per heavy atom. The molecule has 0 spiro atoms. The van der Waals surface area contributed by atoms with Gasteiger partial charge in [-0.3, -0.25) is 4.79 Å². The van der Waals surface area contributed by atoms with Crippen molar-refractivity contribution in [3.05, 3.63) is 29.9 Å². The summed E-state index contributed by atoms with van der Waals surface area (Å²) in [6.07, 6.45) is 11.3. The number of nitrogens with one attached hydrogen (secondary N) is 1. The van der Waals surface area contributed by atoms with Crippen LogP contribution in [0.4, 0.5) is 0 Å². The number of imidazole rings is 1. The SMILES string of the molecule is Cc1cn2c(n1)CC[C@@H](NC(=O)C[C@@H]1C=CCC1)C2. The molecular weight excluding hydrogens is 238 g/mol. The van der Waals surface area contributed by atoms with Gasteiger partial charge in [-0.05, 0) is 32.1 Å². The number of allylic oxidation sites excluding steroid dienone is 2. The first kappa shape index (κ1) is 12.5. The smallest absolute Gasteiger partial charge is 0.220 e. The molecule has 1 N–H and O–H groups in total. The van der Waals surface area contributed by atoms with Crippen molar-refractivity contribution in [3.8, 4) is 0 Å². The van der Waals surface area contributed by atoms with Crippen LogP contribution in [0.3, 0.4) is 0 Å². The second-order valence-electron chi connectivity index (χ2n) is 5.72. The van der Waals surface area contributed by atoms with Gasteiger partial charge in [-0.25, -0.2) is 4.98 Å². The number of carbonyl (C=O) groups excluding carboxylic acids is 1. The van der Waals surface area contributed by atoms with E-state index >= 15 is 0 Å². The van der Waals surface area contributed by atoms with Crippen LogP contribution in [0.25, 0.3) is 0 Å². The lowest BCUT2D eigenvalue weighted by atomic mass is 10.0. The molecule has 1 amide bonds. The number of fused-ring (bicyclic) bond motifs is 1. The molecule has 0 aromatic carbocycles. The van der Waals surface area contributed by atoms with Crippen molar-refractivity contribution in [1.82, 2.24) is 14.9 Å². The van der Waals surface area contributed by atoms with Gasteiger partial charge in [0, 0.05) is 31.6 Å². The van der Waals surface area contributed by atoms with E-state index in [9.17, 15) is 4.79 Å². The largest absolute Gasteiger partial charge is 0.352 e. The van der Waals surface area contributed by atoms with Crippen molar-refractivity contribution < 1.29 is 4.79 Å². The van der Waals surface area contributed by atoms with Gasteiger partial charge in [0.25, 0.3) is 0 Å². The lowest BCUT2D eigenvalue weighted by molar-refractivity contribution is -0.122. The van der Waals surface area contributed by atoms with E-state index < -0.39 is 0 Å². The van der Waals surface area contributed by atoms with Crippen LogP contribution < -0.4 is 5.32 Å². The minimum absolute atomic E-state index is 0.196. The molecule has 0 fully saturated rings. The molecule has 2 heterocycles. The van der Waals surface area contributed by atoms with Crippen LogP contribution in [0, 0.1) is 12.8 Å². The Labute approximate surface area is 113 Å². The van der Waals surface area contributed by atoms with Crippen LogP contribution in [-0.4, -0.2) is 21.5 Å². The molecule has 1 aliphatic heterocycles. The highest BCUT2D eigenvalue weighted by atomic mass is 16.1. The van der Waals surface area contributed by atoms with Gasteiger partial charge in [-0.1, -0.05) is 12.2 Å².